The Bertz CT molecular complexity index is 659. The number of benzene rings is 2. The summed E-state index contributed by atoms with van der Waals surface area (Å²) in [6, 6.07) is 14.1. The zero-order valence-electron chi connectivity index (χ0n) is 10.1. The summed E-state index contributed by atoms with van der Waals surface area (Å²) < 4.78 is 0. The van der Waals surface area contributed by atoms with E-state index in [0.717, 1.165) is 5.56 Å². The van der Waals surface area contributed by atoms with E-state index < -0.39 is 5.92 Å². The van der Waals surface area contributed by atoms with Crippen LogP contribution in [0.4, 0.5) is 0 Å². The number of hydrogen-bond acceptors (Lipinski definition) is 2. The maximum Gasteiger partial charge on any atom is 0.174 e. The molecule has 0 amide bonds. The van der Waals surface area contributed by atoms with Crippen LogP contribution in [0.5, 0.6) is 0 Å². The van der Waals surface area contributed by atoms with Crippen molar-refractivity contribution in [1.82, 2.24) is 0 Å². The van der Waals surface area contributed by atoms with Gasteiger partial charge in [-0.2, -0.15) is 0 Å². The second-order valence-electron chi connectivity index (χ2n) is 4.65. The van der Waals surface area contributed by atoms with Gasteiger partial charge in [0.2, 0.25) is 0 Å². The average molecular weight is 271 g/mol. The first-order chi connectivity index (χ1) is 9.16. The van der Waals surface area contributed by atoms with Crippen LogP contribution in [0.2, 0.25) is 5.02 Å². The van der Waals surface area contributed by atoms with E-state index in [1.807, 2.05) is 18.2 Å². The predicted molar refractivity (Wildman–Crippen MR) is 73.7 cm³/mol. The molecule has 3 heteroatoms. The summed E-state index contributed by atoms with van der Waals surface area (Å²) in [5.74, 6) is -0.785. The van der Waals surface area contributed by atoms with E-state index in [4.69, 9.17) is 11.6 Å². The highest BCUT2D eigenvalue weighted by Crippen LogP contribution is 2.29. The molecule has 0 saturated heterocycles. The van der Waals surface area contributed by atoms with E-state index in [-0.39, 0.29) is 11.6 Å². The van der Waals surface area contributed by atoms with E-state index >= 15 is 0 Å². The molecule has 2 nitrogen and oxygen atoms in total. The quantitative estimate of drug-likeness (QED) is 0.617. The summed E-state index contributed by atoms with van der Waals surface area (Å²) >= 11 is 5.80. The van der Waals surface area contributed by atoms with Crippen molar-refractivity contribution in [3.63, 3.8) is 0 Å². The second kappa shape index (κ2) is 4.63. The molecule has 0 N–H and O–H groups in total. The normalized spacial score (nSPS) is 17.3. The molecule has 2 aromatic rings. The topological polar surface area (TPSA) is 34.1 Å². The lowest BCUT2D eigenvalue weighted by atomic mass is 9.94. The summed E-state index contributed by atoms with van der Waals surface area (Å²) in [4.78, 5) is 24.6. The van der Waals surface area contributed by atoms with Crippen LogP contribution in [0.15, 0.2) is 48.5 Å². The highest BCUT2D eigenvalue weighted by Gasteiger charge is 2.35. The molecule has 1 atom stereocenters. The molecule has 19 heavy (non-hydrogen) atoms. The van der Waals surface area contributed by atoms with Gasteiger partial charge in [0.15, 0.2) is 11.6 Å². The van der Waals surface area contributed by atoms with Gasteiger partial charge in [-0.1, -0.05) is 35.9 Å². The van der Waals surface area contributed by atoms with Crippen molar-refractivity contribution in [1.29, 1.82) is 0 Å². The van der Waals surface area contributed by atoms with Gasteiger partial charge in [0.05, 0.1) is 5.92 Å². The molecule has 0 fully saturated rings. The molecule has 2 aromatic carbocycles. The Labute approximate surface area is 116 Å². The molecule has 0 aromatic heterocycles. The van der Waals surface area contributed by atoms with Crippen LogP contribution in [0.1, 0.15) is 26.3 Å². The van der Waals surface area contributed by atoms with Gasteiger partial charge in [-0.25, -0.2) is 0 Å². The van der Waals surface area contributed by atoms with Crippen molar-refractivity contribution < 1.29 is 9.59 Å². The third kappa shape index (κ3) is 2.08. The smallest absolute Gasteiger partial charge is 0.174 e. The van der Waals surface area contributed by atoms with Gasteiger partial charge in [-0.3, -0.25) is 9.59 Å². The SMILES string of the molecule is O=C(c1ccc(Cl)cc1)C1Cc2ccccc2C1=O. The maximum atomic E-state index is 12.4. The van der Waals surface area contributed by atoms with E-state index in [2.05, 4.69) is 0 Å². The molecule has 0 aliphatic heterocycles. The molecule has 0 bridgehead atoms. The number of carbonyl (C=O) groups excluding carboxylic acids is 2. The fourth-order valence-corrected chi connectivity index (χ4v) is 2.59. The van der Waals surface area contributed by atoms with Gasteiger partial charge in [0.1, 0.15) is 0 Å². The predicted octanol–water partition coefficient (Wildman–Crippen LogP) is 3.58. The van der Waals surface area contributed by atoms with Crippen LogP contribution in [-0.4, -0.2) is 11.6 Å². The summed E-state index contributed by atoms with van der Waals surface area (Å²) in [7, 11) is 0. The van der Waals surface area contributed by atoms with E-state index in [9.17, 15) is 9.59 Å². The van der Waals surface area contributed by atoms with Gasteiger partial charge in [0, 0.05) is 16.1 Å². The van der Waals surface area contributed by atoms with Gasteiger partial charge in [0.25, 0.3) is 0 Å². The fraction of sp³-hybridized carbons (Fsp3) is 0.125. The van der Waals surface area contributed by atoms with Crippen molar-refractivity contribution >= 4 is 23.2 Å². The minimum Gasteiger partial charge on any atom is -0.293 e. The molecular formula is C16H11ClO2. The summed E-state index contributed by atoms with van der Waals surface area (Å²) in [6.07, 6.45) is 0.496. The number of hydrogen-bond donors (Lipinski definition) is 0. The monoisotopic (exact) mass is 270 g/mol. The maximum absolute atomic E-state index is 12.4. The zero-order chi connectivity index (χ0) is 13.4. The summed E-state index contributed by atoms with van der Waals surface area (Å²) in [6.45, 7) is 0. The first-order valence-electron chi connectivity index (χ1n) is 6.09. The van der Waals surface area contributed by atoms with Crippen LogP contribution < -0.4 is 0 Å². The molecule has 3 rings (SSSR count). The van der Waals surface area contributed by atoms with Gasteiger partial charge in [-0.15, -0.1) is 0 Å². The first kappa shape index (κ1) is 12.1. The van der Waals surface area contributed by atoms with Crippen molar-refractivity contribution in [3.8, 4) is 0 Å². The molecule has 94 valence electrons. The van der Waals surface area contributed by atoms with E-state index in [1.165, 1.54) is 0 Å². The summed E-state index contributed by atoms with van der Waals surface area (Å²) in [5, 5.41) is 0.581. The largest absolute Gasteiger partial charge is 0.293 e. The van der Waals surface area contributed by atoms with Crippen LogP contribution >= 0.6 is 11.6 Å². The molecule has 1 aliphatic rings. The van der Waals surface area contributed by atoms with Gasteiger partial charge >= 0.3 is 0 Å². The Balaban J connectivity index is 1.91. The zero-order valence-corrected chi connectivity index (χ0v) is 10.9. The summed E-state index contributed by atoms with van der Waals surface area (Å²) in [5.41, 5.74) is 2.17. The minimum atomic E-state index is -0.585. The van der Waals surface area contributed by atoms with Crippen LogP contribution in [0.25, 0.3) is 0 Å². The van der Waals surface area contributed by atoms with Crippen molar-refractivity contribution in [3.05, 3.63) is 70.2 Å². The molecule has 1 unspecified atom stereocenters. The molecule has 0 saturated carbocycles. The third-order valence-corrected chi connectivity index (χ3v) is 3.72. The van der Waals surface area contributed by atoms with Crippen molar-refractivity contribution in [2.75, 3.05) is 0 Å². The minimum absolute atomic E-state index is 0.0736. The molecule has 0 radical (unpaired) electrons. The molecule has 0 heterocycles. The lowest BCUT2D eigenvalue weighted by Gasteiger charge is -2.06. The Kier molecular flexibility index (Phi) is 2.96. The van der Waals surface area contributed by atoms with Gasteiger partial charge < -0.3 is 0 Å². The average Bonchev–Trinajstić information content (AvgIpc) is 2.77. The lowest BCUT2D eigenvalue weighted by molar-refractivity contribution is 0.0822. The van der Waals surface area contributed by atoms with Crippen LogP contribution in [-0.2, 0) is 6.42 Å². The highest BCUT2D eigenvalue weighted by atomic mass is 35.5. The molecule has 0 spiro atoms. The standard InChI is InChI=1S/C16H11ClO2/c17-12-7-5-10(6-8-12)15(18)14-9-11-3-1-2-4-13(11)16(14)19/h1-8,14H,9H2. The molecule has 1 aliphatic carbocycles. The number of carbonyl (C=O) groups is 2. The number of Topliss-reactive ketones (excluding diaryl/α,β-unsaturated/α-hetero) is 2. The Morgan fingerprint density at radius 1 is 1.05 bits per heavy atom. The highest BCUT2D eigenvalue weighted by molar-refractivity contribution is 6.30. The second-order valence-corrected chi connectivity index (χ2v) is 5.09. The Morgan fingerprint density at radius 2 is 1.74 bits per heavy atom. The van der Waals surface area contributed by atoms with Gasteiger partial charge in [-0.05, 0) is 36.2 Å². The van der Waals surface area contributed by atoms with Crippen molar-refractivity contribution in [2.24, 2.45) is 5.92 Å². The van der Waals surface area contributed by atoms with E-state index in [1.54, 1.807) is 30.3 Å². The number of fused-ring (bicyclic) bond motifs is 1. The third-order valence-electron chi connectivity index (χ3n) is 3.47. The number of ketones is 2. The van der Waals surface area contributed by atoms with Crippen LogP contribution in [0, 0.1) is 5.92 Å². The van der Waals surface area contributed by atoms with Crippen LogP contribution in [0.3, 0.4) is 0 Å². The molecular weight excluding hydrogens is 260 g/mol. The first-order valence-corrected chi connectivity index (χ1v) is 6.46. The van der Waals surface area contributed by atoms with Crippen molar-refractivity contribution in [2.45, 2.75) is 6.42 Å². The Morgan fingerprint density at radius 3 is 2.42 bits per heavy atom. The Hall–Kier alpha value is -1.93. The lowest BCUT2D eigenvalue weighted by Crippen LogP contribution is -2.20. The number of halogens is 1. The number of rotatable bonds is 2. The van der Waals surface area contributed by atoms with E-state index in [0.29, 0.717) is 22.6 Å². The fourth-order valence-electron chi connectivity index (χ4n) is 2.47.